The first kappa shape index (κ1) is 11.8. The maximum Gasteiger partial charge on any atom is 0.300 e. The number of carbonyl (C=O) groups excluding carboxylic acids is 1. The summed E-state index contributed by atoms with van der Waals surface area (Å²) in [5.41, 5.74) is -0.630. The van der Waals surface area contributed by atoms with E-state index in [1.54, 1.807) is 0 Å². The topological polar surface area (TPSA) is 26.3 Å². The lowest BCUT2D eigenvalue weighted by Crippen LogP contribution is -2.13. The SMILES string of the molecule is COc1ccc(F)c(Cl)c1C(=O)C(F)F. The summed E-state index contributed by atoms with van der Waals surface area (Å²) in [4.78, 5) is 11.0. The number of benzene rings is 1. The Balaban J connectivity index is 3.36. The van der Waals surface area contributed by atoms with Crippen LogP contribution in [0.3, 0.4) is 0 Å². The van der Waals surface area contributed by atoms with Gasteiger partial charge in [0.25, 0.3) is 0 Å². The van der Waals surface area contributed by atoms with Crippen LogP contribution in [0, 0.1) is 5.82 Å². The Kier molecular flexibility index (Phi) is 3.57. The van der Waals surface area contributed by atoms with Crippen LogP contribution in [0.15, 0.2) is 12.1 Å². The van der Waals surface area contributed by atoms with Gasteiger partial charge in [0, 0.05) is 0 Å². The van der Waals surface area contributed by atoms with E-state index in [-0.39, 0.29) is 5.75 Å². The summed E-state index contributed by atoms with van der Waals surface area (Å²) in [5, 5.41) is -0.653. The monoisotopic (exact) mass is 238 g/mol. The van der Waals surface area contributed by atoms with Crippen molar-refractivity contribution < 1.29 is 22.7 Å². The summed E-state index contributed by atoms with van der Waals surface area (Å²) in [6.07, 6.45) is -3.25. The number of alkyl halides is 2. The van der Waals surface area contributed by atoms with E-state index in [4.69, 9.17) is 11.6 Å². The molecule has 82 valence electrons. The number of rotatable bonds is 3. The first-order chi connectivity index (χ1) is 6.99. The van der Waals surface area contributed by atoms with Crippen molar-refractivity contribution in [3.63, 3.8) is 0 Å². The van der Waals surface area contributed by atoms with Gasteiger partial charge in [-0.15, -0.1) is 0 Å². The molecule has 0 unspecified atom stereocenters. The van der Waals surface area contributed by atoms with Gasteiger partial charge in [-0.1, -0.05) is 11.6 Å². The highest BCUT2D eigenvalue weighted by Crippen LogP contribution is 2.30. The minimum atomic E-state index is -3.25. The highest BCUT2D eigenvalue weighted by molar-refractivity contribution is 6.34. The van der Waals surface area contributed by atoms with Gasteiger partial charge in [-0.2, -0.15) is 0 Å². The molecule has 0 fully saturated rings. The number of halogens is 4. The first-order valence-electron chi connectivity index (χ1n) is 3.83. The quantitative estimate of drug-likeness (QED) is 0.757. The first-order valence-corrected chi connectivity index (χ1v) is 4.21. The summed E-state index contributed by atoms with van der Waals surface area (Å²) in [5.74, 6) is -2.68. The second-order valence-corrected chi connectivity index (χ2v) is 2.98. The highest BCUT2D eigenvalue weighted by Gasteiger charge is 2.26. The Bertz CT molecular complexity index is 393. The molecule has 0 aliphatic rings. The van der Waals surface area contributed by atoms with Crippen LogP contribution in [-0.4, -0.2) is 19.3 Å². The van der Waals surface area contributed by atoms with Gasteiger partial charge in [-0.05, 0) is 12.1 Å². The Hall–Kier alpha value is -1.23. The third kappa shape index (κ3) is 2.23. The Morgan fingerprint density at radius 1 is 1.47 bits per heavy atom. The number of hydrogen-bond acceptors (Lipinski definition) is 2. The molecule has 0 radical (unpaired) electrons. The standard InChI is InChI=1S/C9H6ClF3O2/c1-15-5-3-2-4(11)7(10)6(5)8(14)9(12)13/h2-3,9H,1H3. The zero-order chi connectivity index (χ0) is 11.6. The number of hydrogen-bond donors (Lipinski definition) is 0. The van der Waals surface area contributed by atoms with Crippen LogP contribution >= 0.6 is 11.6 Å². The molecule has 0 amide bonds. The van der Waals surface area contributed by atoms with Crippen molar-refractivity contribution in [3.05, 3.63) is 28.5 Å². The molecule has 0 saturated heterocycles. The fraction of sp³-hybridized carbons (Fsp3) is 0.222. The van der Waals surface area contributed by atoms with Gasteiger partial charge >= 0.3 is 6.43 Å². The summed E-state index contributed by atoms with van der Waals surface area (Å²) >= 11 is 5.41. The molecule has 0 saturated carbocycles. The molecule has 0 N–H and O–H groups in total. The fourth-order valence-electron chi connectivity index (χ4n) is 1.04. The molecule has 0 aliphatic carbocycles. The average Bonchev–Trinajstić information content (AvgIpc) is 2.20. The third-order valence-corrected chi connectivity index (χ3v) is 2.09. The van der Waals surface area contributed by atoms with E-state index < -0.39 is 28.6 Å². The lowest BCUT2D eigenvalue weighted by atomic mass is 10.1. The fourth-order valence-corrected chi connectivity index (χ4v) is 1.29. The lowest BCUT2D eigenvalue weighted by molar-refractivity contribution is 0.0675. The van der Waals surface area contributed by atoms with Crippen LogP contribution in [-0.2, 0) is 0 Å². The van der Waals surface area contributed by atoms with Crippen molar-refractivity contribution in [1.82, 2.24) is 0 Å². The molecule has 1 rings (SSSR count). The molecule has 0 heterocycles. The third-order valence-electron chi connectivity index (χ3n) is 1.72. The van der Waals surface area contributed by atoms with Crippen LogP contribution in [0.25, 0.3) is 0 Å². The van der Waals surface area contributed by atoms with Crippen LogP contribution < -0.4 is 4.74 Å². The number of Topliss-reactive ketones (excluding diaryl/α,β-unsaturated/α-hetero) is 1. The van der Waals surface area contributed by atoms with Crippen molar-refractivity contribution in [2.75, 3.05) is 7.11 Å². The minimum Gasteiger partial charge on any atom is -0.496 e. The van der Waals surface area contributed by atoms with Crippen molar-refractivity contribution in [3.8, 4) is 5.75 Å². The molecule has 0 atom stereocenters. The molecule has 0 bridgehead atoms. The van der Waals surface area contributed by atoms with E-state index in [0.717, 1.165) is 12.1 Å². The second kappa shape index (κ2) is 4.53. The van der Waals surface area contributed by atoms with E-state index in [9.17, 15) is 18.0 Å². The van der Waals surface area contributed by atoms with Crippen molar-refractivity contribution in [2.45, 2.75) is 6.43 Å². The largest absolute Gasteiger partial charge is 0.496 e. The molecule has 0 aliphatic heterocycles. The van der Waals surface area contributed by atoms with Crippen LogP contribution in [0.4, 0.5) is 13.2 Å². The van der Waals surface area contributed by atoms with E-state index in [0.29, 0.717) is 0 Å². The van der Waals surface area contributed by atoms with E-state index in [1.165, 1.54) is 7.11 Å². The van der Waals surface area contributed by atoms with E-state index in [1.807, 2.05) is 0 Å². The van der Waals surface area contributed by atoms with Gasteiger partial charge in [0.05, 0.1) is 17.7 Å². The maximum absolute atomic E-state index is 12.9. The van der Waals surface area contributed by atoms with Crippen molar-refractivity contribution >= 4 is 17.4 Å². The number of ether oxygens (including phenoxy) is 1. The Morgan fingerprint density at radius 2 is 2.07 bits per heavy atom. The highest BCUT2D eigenvalue weighted by atomic mass is 35.5. The normalized spacial score (nSPS) is 10.5. The van der Waals surface area contributed by atoms with Crippen LogP contribution in [0.2, 0.25) is 5.02 Å². The zero-order valence-electron chi connectivity index (χ0n) is 7.56. The van der Waals surface area contributed by atoms with Gasteiger partial charge in [-0.3, -0.25) is 4.79 Å². The van der Waals surface area contributed by atoms with Gasteiger partial charge in [-0.25, -0.2) is 13.2 Å². The predicted octanol–water partition coefficient (Wildman–Crippen LogP) is 2.94. The molecule has 1 aromatic rings. The molecule has 1 aromatic carbocycles. The molecule has 2 nitrogen and oxygen atoms in total. The number of carbonyl (C=O) groups is 1. The summed E-state index contributed by atoms with van der Waals surface area (Å²) in [7, 11) is 1.17. The summed E-state index contributed by atoms with van der Waals surface area (Å²) in [6, 6.07) is 2.00. The minimum absolute atomic E-state index is 0.174. The van der Waals surface area contributed by atoms with E-state index >= 15 is 0 Å². The molecule has 15 heavy (non-hydrogen) atoms. The van der Waals surface area contributed by atoms with E-state index in [2.05, 4.69) is 4.74 Å². The van der Waals surface area contributed by atoms with Crippen LogP contribution in [0.5, 0.6) is 5.75 Å². The molecular weight excluding hydrogens is 233 g/mol. The lowest BCUT2D eigenvalue weighted by Gasteiger charge is -2.09. The van der Waals surface area contributed by atoms with Gasteiger partial charge in [0.1, 0.15) is 11.6 Å². The zero-order valence-corrected chi connectivity index (χ0v) is 8.32. The van der Waals surface area contributed by atoms with Crippen molar-refractivity contribution in [2.24, 2.45) is 0 Å². The Labute approximate surface area is 88.6 Å². The van der Waals surface area contributed by atoms with Crippen molar-refractivity contribution in [1.29, 1.82) is 0 Å². The van der Waals surface area contributed by atoms with Gasteiger partial charge in [0.15, 0.2) is 0 Å². The molecule has 6 heteroatoms. The smallest absolute Gasteiger partial charge is 0.300 e. The molecule has 0 spiro atoms. The van der Waals surface area contributed by atoms with Gasteiger partial charge < -0.3 is 4.74 Å². The second-order valence-electron chi connectivity index (χ2n) is 2.60. The Morgan fingerprint density at radius 3 is 2.53 bits per heavy atom. The summed E-state index contributed by atoms with van der Waals surface area (Å²) < 4.78 is 41.9. The number of ketones is 1. The number of methoxy groups -OCH3 is 1. The molecular formula is C9H6ClF3O2. The molecule has 0 aromatic heterocycles. The average molecular weight is 239 g/mol. The van der Waals surface area contributed by atoms with Crippen LogP contribution in [0.1, 0.15) is 10.4 Å². The summed E-state index contributed by atoms with van der Waals surface area (Å²) in [6.45, 7) is 0. The van der Waals surface area contributed by atoms with Gasteiger partial charge in [0.2, 0.25) is 5.78 Å². The maximum atomic E-state index is 12.9. The predicted molar refractivity (Wildman–Crippen MR) is 48.3 cm³/mol.